The van der Waals surface area contributed by atoms with E-state index in [-0.39, 0.29) is 48.6 Å². The number of aromatic nitrogens is 4. The van der Waals surface area contributed by atoms with Gasteiger partial charge in [0, 0.05) is 31.5 Å². The lowest BCUT2D eigenvalue weighted by molar-refractivity contribution is -0.118. The van der Waals surface area contributed by atoms with Gasteiger partial charge >= 0.3 is 5.69 Å². The summed E-state index contributed by atoms with van der Waals surface area (Å²) in [6, 6.07) is 7.20. The number of methoxy groups -OCH3 is 1. The van der Waals surface area contributed by atoms with Gasteiger partial charge in [-0.2, -0.15) is 4.98 Å². The lowest BCUT2D eigenvalue weighted by Gasteiger charge is -2.26. The molecule has 0 saturated carbocycles. The lowest BCUT2D eigenvalue weighted by atomic mass is 10.1. The van der Waals surface area contributed by atoms with E-state index in [9.17, 15) is 14.4 Å². The van der Waals surface area contributed by atoms with Crippen LogP contribution in [0.15, 0.2) is 38.4 Å². The third-order valence-corrected chi connectivity index (χ3v) is 5.25. The molecule has 0 bridgehead atoms. The molecule has 11 heteroatoms. The van der Waals surface area contributed by atoms with Gasteiger partial charge in [0.2, 0.25) is 17.6 Å². The SMILES string of the molecule is COc1ccc(-c2noc(CCC(=O)N(CC(C)C)c3c(N)n(CC(C)C)c(=O)[nH]c3=O)n2)cc1. The number of nitrogens with one attached hydrogen (secondary N) is 1. The van der Waals surface area contributed by atoms with Crippen molar-refractivity contribution in [3.05, 3.63) is 51.0 Å². The summed E-state index contributed by atoms with van der Waals surface area (Å²) < 4.78 is 11.8. The minimum atomic E-state index is -0.693. The van der Waals surface area contributed by atoms with Gasteiger partial charge in [0.1, 0.15) is 11.6 Å². The molecule has 0 spiro atoms. The first-order chi connectivity index (χ1) is 16.6. The Bertz CT molecular complexity index is 1270. The second-order valence-electron chi connectivity index (χ2n) is 9.14. The van der Waals surface area contributed by atoms with Crippen LogP contribution in [0.25, 0.3) is 11.4 Å². The zero-order chi connectivity index (χ0) is 25.7. The molecule has 3 N–H and O–H groups in total. The summed E-state index contributed by atoms with van der Waals surface area (Å²) in [6.45, 7) is 8.28. The normalized spacial score (nSPS) is 11.3. The largest absolute Gasteiger partial charge is 0.497 e. The highest BCUT2D eigenvalue weighted by Crippen LogP contribution is 2.22. The average Bonchev–Trinajstić information content (AvgIpc) is 3.28. The highest BCUT2D eigenvalue weighted by molar-refractivity contribution is 5.95. The Morgan fingerprint density at radius 2 is 1.86 bits per heavy atom. The summed E-state index contributed by atoms with van der Waals surface area (Å²) in [4.78, 5) is 46.3. The number of anilines is 2. The van der Waals surface area contributed by atoms with Crippen LogP contribution in [-0.2, 0) is 17.8 Å². The highest BCUT2D eigenvalue weighted by Gasteiger charge is 2.25. The van der Waals surface area contributed by atoms with E-state index in [0.29, 0.717) is 24.0 Å². The number of amides is 1. The van der Waals surface area contributed by atoms with Gasteiger partial charge in [-0.3, -0.25) is 19.1 Å². The predicted octanol–water partition coefficient (Wildman–Crippen LogP) is 2.46. The molecule has 1 amide bonds. The number of carbonyl (C=O) groups excluding carboxylic acids is 1. The first-order valence-corrected chi connectivity index (χ1v) is 11.5. The molecule has 0 aliphatic heterocycles. The number of nitrogens with two attached hydrogens (primary N) is 1. The molecule has 1 aromatic carbocycles. The molecular formula is C24H32N6O5. The Morgan fingerprint density at radius 3 is 2.46 bits per heavy atom. The van der Waals surface area contributed by atoms with Gasteiger partial charge in [-0.05, 0) is 36.1 Å². The minimum Gasteiger partial charge on any atom is -0.497 e. The molecule has 188 valence electrons. The molecule has 2 heterocycles. The maximum atomic E-state index is 13.2. The number of benzene rings is 1. The van der Waals surface area contributed by atoms with Crippen molar-refractivity contribution in [1.29, 1.82) is 0 Å². The molecule has 0 radical (unpaired) electrons. The number of rotatable bonds is 10. The number of carbonyl (C=O) groups is 1. The Kier molecular flexibility index (Phi) is 8.10. The number of aryl methyl sites for hydroxylation is 1. The summed E-state index contributed by atoms with van der Waals surface area (Å²) >= 11 is 0. The van der Waals surface area contributed by atoms with Gasteiger partial charge in [-0.1, -0.05) is 32.9 Å². The minimum absolute atomic E-state index is 0.0130. The highest BCUT2D eigenvalue weighted by atomic mass is 16.5. The van der Waals surface area contributed by atoms with E-state index in [1.54, 1.807) is 19.2 Å². The van der Waals surface area contributed by atoms with Crippen molar-refractivity contribution in [2.75, 3.05) is 24.3 Å². The monoisotopic (exact) mass is 484 g/mol. The Balaban J connectivity index is 1.82. The van der Waals surface area contributed by atoms with Gasteiger partial charge in [0.05, 0.1) is 7.11 Å². The third kappa shape index (κ3) is 6.17. The number of H-pyrrole nitrogens is 1. The molecule has 3 aromatic rings. The molecule has 0 unspecified atom stereocenters. The van der Waals surface area contributed by atoms with Crippen LogP contribution in [0.1, 0.15) is 40.0 Å². The Morgan fingerprint density at radius 1 is 1.17 bits per heavy atom. The first-order valence-electron chi connectivity index (χ1n) is 11.5. The van der Waals surface area contributed by atoms with E-state index in [4.69, 9.17) is 15.0 Å². The number of aromatic amines is 1. The topological polar surface area (TPSA) is 149 Å². The van der Waals surface area contributed by atoms with E-state index in [1.165, 1.54) is 9.47 Å². The predicted molar refractivity (Wildman–Crippen MR) is 132 cm³/mol. The summed E-state index contributed by atoms with van der Waals surface area (Å²) in [5, 5.41) is 3.98. The molecule has 2 aromatic heterocycles. The number of ether oxygens (including phenoxy) is 1. The van der Waals surface area contributed by atoms with Crippen molar-refractivity contribution in [3.63, 3.8) is 0 Å². The molecule has 0 aliphatic carbocycles. The molecule has 11 nitrogen and oxygen atoms in total. The standard InChI is InChI=1S/C24H32N6O5/c1-14(2)12-29(20-21(25)30(13-15(3)4)24(33)27-23(20)32)19(31)11-10-18-26-22(28-35-18)16-6-8-17(34-5)9-7-16/h6-9,14-15H,10-13,25H2,1-5H3,(H,27,32,33). The van der Waals surface area contributed by atoms with Crippen molar-refractivity contribution >= 4 is 17.4 Å². The molecular weight excluding hydrogens is 452 g/mol. The van der Waals surface area contributed by atoms with Crippen LogP contribution in [-0.4, -0.2) is 39.3 Å². The van der Waals surface area contributed by atoms with Gasteiger partial charge in [0.25, 0.3) is 5.56 Å². The molecule has 0 atom stereocenters. The second-order valence-corrected chi connectivity index (χ2v) is 9.14. The number of nitrogens with zero attached hydrogens (tertiary/aromatic N) is 4. The zero-order valence-corrected chi connectivity index (χ0v) is 20.7. The fourth-order valence-electron chi connectivity index (χ4n) is 3.63. The van der Waals surface area contributed by atoms with E-state index in [1.807, 2.05) is 39.8 Å². The molecule has 0 fully saturated rings. The van der Waals surface area contributed by atoms with Gasteiger partial charge < -0.3 is 19.9 Å². The Hall–Kier alpha value is -3.89. The van der Waals surface area contributed by atoms with Crippen LogP contribution in [0.2, 0.25) is 0 Å². The van der Waals surface area contributed by atoms with Crippen LogP contribution < -0.4 is 26.6 Å². The van der Waals surface area contributed by atoms with Crippen molar-refractivity contribution in [3.8, 4) is 17.1 Å². The van der Waals surface area contributed by atoms with Crippen LogP contribution >= 0.6 is 0 Å². The molecule has 0 aliphatic rings. The van der Waals surface area contributed by atoms with Crippen LogP contribution in [0.4, 0.5) is 11.5 Å². The zero-order valence-electron chi connectivity index (χ0n) is 20.7. The average molecular weight is 485 g/mol. The maximum absolute atomic E-state index is 13.2. The molecule has 35 heavy (non-hydrogen) atoms. The first kappa shape index (κ1) is 25.7. The number of hydrogen-bond acceptors (Lipinski definition) is 8. The smallest absolute Gasteiger partial charge is 0.330 e. The van der Waals surface area contributed by atoms with Crippen molar-refractivity contribution in [2.45, 2.75) is 47.1 Å². The molecule has 3 rings (SSSR count). The summed E-state index contributed by atoms with van der Waals surface area (Å²) in [5.41, 5.74) is 5.68. The van der Waals surface area contributed by atoms with Gasteiger partial charge in [-0.25, -0.2) is 4.79 Å². The van der Waals surface area contributed by atoms with Crippen molar-refractivity contribution < 1.29 is 14.1 Å². The fourth-order valence-corrected chi connectivity index (χ4v) is 3.63. The van der Waals surface area contributed by atoms with E-state index in [0.717, 1.165) is 5.56 Å². The molecule has 0 saturated heterocycles. The van der Waals surface area contributed by atoms with E-state index >= 15 is 0 Å². The van der Waals surface area contributed by atoms with E-state index < -0.39 is 11.2 Å². The van der Waals surface area contributed by atoms with Crippen molar-refractivity contribution in [1.82, 2.24) is 19.7 Å². The fraction of sp³-hybridized carbons (Fsp3) is 0.458. The van der Waals surface area contributed by atoms with Crippen molar-refractivity contribution in [2.24, 2.45) is 11.8 Å². The lowest BCUT2D eigenvalue weighted by Crippen LogP contribution is -2.43. The Labute approximate surface area is 202 Å². The van der Waals surface area contributed by atoms with Crippen LogP contribution in [0.3, 0.4) is 0 Å². The van der Waals surface area contributed by atoms with E-state index in [2.05, 4.69) is 15.1 Å². The number of nitrogen functional groups attached to an aromatic ring is 1. The van der Waals surface area contributed by atoms with Crippen LogP contribution in [0.5, 0.6) is 5.75 Å². The quantitative estimate of drug-likeness (QED) is 0.446. The summed E-state index contributed by atoms with van der Waals surface area (Å²) in [6.07, 6.45) is 0.194. The van der Waals surface area contributed by atoms with Gasteiger partial charge in [0.15, 0.2) is 5.69 Å². The third-order valence-electron chi connectivity index (χ3n) is 5.25. The number of hydrogen-bond donors (Lipinski definition) is 2. The second kappa shape index (κ2) is 11.0. The maximum Gasteiger partial charge on any atom is 0.330 e. The van der Waals surface area contributed by atoms with Gasteiger partial charge in [-0.15, -0.1) is 0 Å². The summed E-state index contributed by atoms with van der Waals surface area (Å²) in [5.74, 6) is 1.20. The summed E-state index contributed by atoms with van der Waals surface area (Å²) in [7, 11) is 1.58. The van der Waals surface area contributed by atoms with Crippen LogP contribution in [0, 0.1) is 11.8 Å².